The zero-order chi connectivity index (χ0) is 14.5. The number of halogens is 1. The Kier molecular flexibility index (Phi) is 5.34. The van der Waals surface area contributed by atoms with Gasteiger partial charge in [-0.3, -0.25) is 4.21 Å². The summed E-state index contributed by atoms with van der Waals surface area (Å²) >= 11 is 3.37. The molecule has 0 aliphatic heterocycles. The fourth-order valence-electron chi connectivity index (χ4n) is 1.87. The van der Waals surface area contributed by atoms with E-state index in [9.17, 15) is 4.21 Å². The summed E-state index contributed by atoms with van der Waals surface area (Å²) in [7, 11) is 0.546. The maximum Gasteiger partial charge on any atom is 0.123 e. The quantitative estimate of drug-likeness (QED) is 0.897. The molecule has 3 nitrogen and oxygen atoms in total. The molecule has 0 heterocycles. The molecule has 0 spiro atoms. The van der Waals surface area contributed by atoms with Gasteiger partial charge in [0.1, 0.15) is 5.75 Å². The predicted octanol–water partition coefficient (Wildman–Crippen LogP) is 3.22. The molecule has 0 saturated carbocycles. The second-order valence-corrected chi connectivity index (χ2v) is 6.66. The number of methoxy groups -OCH3 is 1. The number of hydrogen-bond donors (Lipinski definition) is 1. The molecule has 2 aromatic carbocycles. The van der Waals surface area contributed by atoms with Gasteiger partial charge in [-0.25, -0.2) is 0 Å². The van der Waals surface area contributed by atoms with Crippen LogP contribution in [0, 0.1) is 0 Å². The first kappa shape index (κ1) is 15.2. The Morgan fingerprint density at radius 3 is 2.50 bits per heavy atom. The first-order valence-corrected chi connectivity index (χ1v) is 8.25. The van der Waals surface area contributed by atoms with Gasteiger partial charge in [0.2, 0.25) is 0 Å². The van der Waals surface area contributed by atoms with Crippen molar-refractivity contribution >= 4 is 26.7 Å². The van der Waals surface area contributed by atoms with Crippen molar-refractivity contribution in [2.75, 3.05) is 7.11 Å². The van der Waals surface area contributed by atoms with E-state index in [4.69, 9.17) is 10.5 Å². The number of rotatable bonds is 5. The van der Waals surface area contributed by atoms with Crippen molar-refractivity contribution in [3.8, 4) is 5.75 Å². The van der Waals surface area contributed by atoms with Gasteiger partial charge in [-0.05, 0) is 35.9 Å². The van der Waals surface area contributed by atoms with E-state index in [0.29, 0.717) is 12.3 Å². The van der Waals surface area contributed by atoms with Crippen LogP contribution in [0.2, 0.25) is 0 Å². The molecule has 5 heteroatoms. The third-order valence-corrected chi connectivity index (χ3v) is 4.87. The Morgan fingerprint density at radius 1 is 1.20 bits per heavy atom. The topological polar surface area (TPSA) is 52.3 Å². The first-order valence-electron chi connectivity index (χ1n) is 6.14. The van der Waals surface area contributed by atoms with Crippen LogP contribution in [0.25, 0.3) is 0 Å². The molecule has 0 fully saturated rings. The fourth-order valence-corrected chi connectivity index (χ4v) is 3.22. The van der Waals surface area contributed by atoms with Crippen LogP contribution in [0.4, 0.5) is 0 Å². The van der Waals surface area contributed by atoms with E-state index in [1.807, 2.05) is 42.5 Å². The minimum absolute atomic E-state index is 0.430. The van der Waals surface area contributed by atoms with Crippen molar-refractivity contribution < 1.29 is 8.95 Å². The second kappa shape index (κ2) is 7.02. The van der Waals surface area contributed by atoms with Crippen molar-refractivity contribution in [3.63, 3.8) is 0 Å². The van der Waals surface area contributed by atoms with Crippen molar-refractivity contribution in [2.45, 2.75) is 17.2 Å². The zero-order valence-electron chi connectivity index (χ0n) is 11.1. The lowest BCUT2D eigenvalue weighted by Crippen LogP contribution is -2.02. The van der Waals surface area contributed by atoms with E-state index >= 15 is 0 Å². The Bertz CT molecular complexity index is 614. The SMILES string of the molecule is COc1cc(CS(=O)c2ccc(Br)cc2)ccc1CN. The average molecular weight is 354 g/mol. The van der Waals surface area contributed by atoms with Crippen molar-refractivity contribution in [2.24, 2.45) is 5.73 Å². The molecular formula is C15H16BrNO2S. The van der Waals surface area contributed by atoms with Crippen LogP contribution in [0.1, 0.15) is 11.1 Å². The molecule has 0 radical (unpaired) electrons. The van der Waals surface area contributed by atoms with E-state index in [2.05, 4.69) is 15.9 Å². The predicted molar refractivity (Wildman–Crippen MR) is 85.1 cm³/mol. The van der Waals surface area contributed by atoms with Gasteiger partial charge in [-0.2, -0.15) is 0 Å². The highest BCUT2D eigenvalue weighted by Crippen LogP contribution is 2.22. The van der Waals surface area contributed by atoms with Gasteiger partial charge in [0, 0.05) is 21.5 Å². The fraction of sp³-hybridized carbons (Fsp3) is 0.200. The van der Waals surface area contributed by atoms with E-state index in [-0.39, 0.29) is 0 Å². The summed E-state index contributed by atoms with van der Waals surface area (Å²) in [5.74, 6) is 1.21. The average Bonchev–Trinajstić information content (AvgIpc) is 2.47. The molecule has 2 rings (SSSR count). The van der Waals surface area contributed by atoms with Crippen LogP contribution < -0.4 is 10.5 Å². The molecule has 0 amide bonds. The minimum Gasteiger partial charge on any atom is -0.496 e. The zero-order valence-corrected chi connectivity index (χ0v) is 13.5. The number of ether oxygens (including phenoxy) is 1. The second-order valence-electron chi connectivity index (χ2n) is 4.29. The maximum atomic E-state index is 12.3. The standard InChI is InChI=1S/C15H16BrNO2S/c1-19-15-8-11(2-3-12(15)9-17)10-20(18)14-6-4-13(16)5-7-14/h2-8H,9-10,17H2,1H3. The molecule has 0 aromatic heterocycles. The van der Waals surface area contributed by atoms with Gasteiger partial charge in [-0.1, -0.05) is 28.1 Å². The van der Waals surface area contributed by atoms with Crippen LogP contribution in [-0.2, 0) is 23.1 Å². The molecule has 1 unspecified atom stereocenters. The Morgan fingerprint density at radius 2 is 1.90 bits per heavy atom. The Hall–Kier alpha value is -1.17. The molecule has 0 bridgehead atoms. The molecule has 2 aromatic rings. The molecule has 20 heavy (non-hydrogen) atoms. The lowest BCUT2D eigenvalue weighted by Gasteiger charge is -2.09. The van der Waals surface area contributed by atoms with E-state index < -0.39 is 10.8 Å². The van der Waals surface area contributed by atoms with Gasteiger partial charge in [0.05, 0.1) is 23.7 Å². The van der Waals surface area contributed by atoms with Crippen LogP contribution in [0.3, 0.4) is 0 Å². The number of hydrogen-bond acceptors (Lipinski definition) is 3. The number of nitrogens with two attached hydrogens (primary N) is 1. The van der Waals surface area contributed by atoms with Gasteiger partial charge < -0.3 is 10.5 Å². The lowest BCUT2D eigenvalue weighted by atomic mass is 10.1. The summed E-state index contributed by atoms with van der Waals surface area (Å²) in [6, 6.07) is 13.3. The molecule has 0 saturated heterocycles. The van der Waals surface area contributed by atoms with Gasteiger partial charge in [0.15, 0.2) is 0 Å². The van der Waals surface area contributed by atoms with E-state index in [0.717, 1.165) is 26.2 Å². The summed E-state index contributed by atoms with van der Waals surface area (Å²) in [4.78, 5) is 0.815. The van der Waals surface area contributed by atoms with Crippen molar-refractivity contribution in [1.82, 2.24) is 0 Å². The highest BCUT2D eigenvalue weighted by molar-refractivity contribution is 9.10. The van der Waals surface area contributed by atoms with Crippen molar-refractivity contribution in [3.05, 3.63) is 58.1 Å². The van der Waals surface area contributed by atoms with Crippen LogP contribution in [0.5, 0.6) is 5.75 Å². The summed E-state index contributed by atoms with van der Waals surface area (Å²) in [5, 5.41) is 0. The van der Waals surface area contributed by atoms with Crippen molar-refractivity contribution in [1.29, 1.82) is 0 Å². The summed E-state index contributed by atoms with van der Waals surface area (Å²) < 4.78 is 18.6. The van der Waals surface area contributed by atoms with Crippen LogP contribution >= 0.6 is 15.9 Å². The molecule has 0 aliphatic rings. The molecule has 0 aliphatic carbocycles. The Balaban J connectivity index is 2.17. The third kappa shape index (κ3) is 3.69. The third-order valence-electron chi connectivity index (χ3n) is 2.95. The monoisotopic (exact) mass is 353 g/mol. The van der Waals surface area contributed by atoms with Gasteiger partial charge >= 0.3 is 0 Å². The molecular weight excluding hydrogens is 338 g/mol. The highest BCUT2D eigenvalue weighted by Gasteiger charge is 2.08. The Labute approximate surface area is 129 Å². The molecule has 1 atom stereocenters. The summed E-state index contributed by atoms with van der Waals surface area (Å²) in [6.07, 6.45) is 0. The van der Waals surface area contributed by atoms with E-state index in [1.54, 1.807) is 7.11 Å². The van der Waals surface area contributed by atoms with Gasteiger partial charge in [0.25, 0.3) is 0 Å². The van der Waals surface area contributed by atoms with E-state index in [1.165, 1.54) is 0 Å². The maximum absolute atomic E-state index is 12.3. The lowest BCUT2D eigenvalue weighted by molar-refractivity contribution is 0.409. The largest absolute Gasteiger partial charge is 0.496 e. The number of benzene rings is 2. The van der Waals surface area contributed by atoms with Crippen LogP contribution in [-0.4, -0.2) is 11.3 Å². The minimum atomic E-state index is -1.07. The highest BCUT2D eigenvalue weighted by atomic mass is 79.9. The summed E-state index contributed by atoms with van der Waals surface area (Å²) in [5.41, 5.74) is 7.56. The first-order chi connectivity index (χ1) is 9.63. The molecule has 106 valence electrons. The summed E-state index contributed by atoms with van der Waals surface area (Å²) in [6.45, 7) is 0.430. The van der Waals surface area contributed by atoms with Gasteiger partial charge in [-0.15, -0.1) is 0 Å². The smallest absolute Gasteiger partial charge is 0.123 e. The normalized spacial score (nSPS) is 12.2. The molecule has 2 N–H and O–H groups in total. The van der Waals surface area contributed by atoms with Crippen LogP contribution in [0.15, 0.2) is 51.8 Å².